The van der Waals surface area contributed by atoms with Gasteiger partial charge in [-0.15, -0.1) is 0 Å². The van der Waals surface area contributed by atoms with E-state index in [1.54, 1.807) is 30.1 Å². The van der Waals surface area contributed by atoms with Crippen LogP contribution >= 0.6 is 0 Å². The van der Waals surface area contributed by atoms with Gasteiger partial charge < -0.3 is 29.9 Å². The van der Waals surface area contributed by atoms with Crippen molar-refractivity contribution in [3.8, 4) is 11.5 Å². The standard InChI is InChI=1S/C30H48N4O5/c1-6-7-13-31-28(35)17-24-20-33(19-22-15-25(38-4)18-26(16-22)39-5)29(36)27(14-21(2)3)34(24)30(37)32-23-11-9-8-10-12-23/h15-16,18,21,23-24,27H,6-14,17,19-20H2,1-5H3,(H,31,35)(H,32,37)/t24?,27-/m0/s1. The van der Waals surface area contributed by atoms with Crippen LogP contribution in [0, 0.1) is 5.92 Å². The summed E-state index contributed by atoms with van der Waals surface area (Å²) in [6.45, 7) is 7.43. The van der Waals surface area contributed by atoms with E-state index >= 15 is 0 Å². The highest BCUT2D eigenvalue weighted by Crippen LogP contribution is 2.29. The highest BCUT2D eigenvalue weighted by Gasteiger charge is 2.44. The summed E-state index contributed by atoms with van der Waals surface area (Å²) in [6.07, 6.45) is 7.87. The Kier molecular flexibility index (Phi) is 11.7. The number of nitrogens with zero attached hydrogens (tertiary/aromatic N) is 2. The van der Waals surface area contributed by atoms with Gasteiger partial charge in [0, 0.05) is 38.2 Å². The number of amides is 4. The van der Waals surface area contributed by atoms with E-state index in [1.807, 2.05) is 12.1 Å². The van der Waals surface area contributed by atoms with E-state index in [-0.39, 0.29) is 42.8 Å². The molecule has 1 aromatic carbocycles. The van der Waals surface area contributed by atoms with Crippen LogP contribution in [-0.2, 0) is 16.1 Å². The van der Waals surface area contributed by atoms with Crippen LogP contribution in [0.4, 0.5) is 4.79 Å². The molecule has 0 spiro atoms. The van der Waals surface area contributed by atoms with Crippen LogP contribution < -0.4 is 20.1 Å². The lowest BCUT2D eigenvalue weighted by Gasteiger charge is -2.47. The first-order valence-electron chi connectivity index (χ1n) is 14.6. The molecule has 4 amide bonds. The maximum absolute atomic E-state index is 14.0. The summed E-state index contributed by atoms with van der Waals surface area (Å²) < 4.78 is 10.9. The molecule has 0 bridgehead atoms. The third-order valence-electron chi connectivity index (χ3n) is 7.68. The summed E-state index contributed by atoms with van der Waals surface area (Å²) >= 11 is 0. The smallest absolute Gasteiger partial charge is 0.318 e. The Morgan fingerprint density at radius 2 is 1.72 bits per heavy atom. The Labute approximate surface area is 234 Å². The van der Waals surface area contributed by atoms with Gasteiger partial charge in [0.1, 0.15) is 17.5 Å². The summed E-state index contributed by atoms with van der Waals surface area (Å²) in [4.78, 5) is 44.2. The Bertz CT molecular complexity index is 940. The number of ether oxygens (including phenoxy) is 2. The van der Waals surface area contributed by atoms with Crippen molar-refractivity contribution in [2.45, 2.75) is 103 Å². The Balaban J connectivity index is 1.89. The van der Waals surface area contributed by atoms with Crippen LogP contribution in [0.15, 0.2) is 18.2 Å². The fourth-order valence-electron chi connectivity index (χ4n) is 5.66. The number of nitrogens with one attached hydrogen (secondary N) is 2. The largest absolute Gasteiger partial charge is 0.497 e. The molecule has 2 N–H and O–H groups in total. The van der Waals surface area contributed by atoms with Crippen LogP contribution in [-0.4, -0.2) is 73.1 Å². The van der Waals surface area contributed by atoms with Gasteiger partial charge in [-0.05, 0) is 49.3 Å². The van der Waals surface area contributed by atoms with Crippen molar-refractivity contribution in [1.29, 1.82) is 0 Å². The zero-order valence-corrected chi connectivity index (χ0v) is 24.5. The topological polar surface area (TPSA) is 100 Å². The van der Waals surface area contributed by atoms with E-state index in [9.17, 15) is 14.4 Å². The molecule has 1 unspecified atom stereocenters. The van der Waals surface area contributed by atoms with Gasteiger partial charge in [0.25, 0.3) is 0 Å². The second-order valence-electron chi connectivity index (χ2n) is 11.3. The van der Waals surface area contributed by atoms with E-state index in [1.165, 1.54) is 6.42 Å². The lowest BCUT2D eigenvalue weighted by molar-refractivity contribution is -0.145. The van der Waals surface area contributed by atoms with Crippen molar-refractivity contribution in [1.82, 2.24) is 20.4 Å². The van der Waals surface area contributed by atoms with Crippen molar-refractivity contribution in [3.63, 3.8) is 0 Å². The molecule has 39 heavy (non-hydrogen) atoms. The molecular formula is C30H48N4O5. The van der Waals surface area contributed by atoms with Gasteiger partial charge in [0.05, 0.1) is 20.3 Å². The van der Waals surface area contributed by atoms with E-state index < -0.39 is 12.1 Å². The summed E-state index contributed by atoms with van der Waals surface area (Å²) in [5.41, 5.74) is 0.870. The fraction of sp³-hybridized carbons (Fsp3) is 0.700. The minimum atomic E-state index is -0.636. The predicted molar refractivity (Wildman–Crippen MR) is 152 cm³/mol. The molecule has 1 saturated carbocycles. The van der Waals surface area contributed by atoms with Gasteiger partial charge in [0.2, 0.25) is 11.8 Å². The average Bonchev–Trinajstić information content (AvgIpc) is 2.91. The summed E-state index contributed by atoms with van der Waals surface area (Å²) in [6, 6.07) is 4.40. The van der Waals surface area contributed by atoms with Crippen LogP contribution in [0.2, 0.25) is 0 Å². The molecule has 9 nitrogen and oxygen atoms in total. The molecular weight excluding hydrogens is 496 g/mol. The number of carbonyl (C=O) groups excluding carboxylic acids is 3. The number of urea groups is 1. The first-order chi connectivity index (χ1) is 18.7. The van der Waals surface area contributed by atoms with E-state index in [4.69, 9.17) is 9.47 Å². The van der Waals surface area contributed by atoms with E-state index in [0.717, 1.165) is 44.1 Å². The molecule has 0 aromatic heterocycles. The van der Waals surface area contributed by atoms with Crippen molar-refractivity contribution >= 4 is 17.8 Å². The Morgan fingerprint density at radius 1 is 1.05 bits per heavy atom. The van der Waals surface area contributed by atoms with Crippen LogP contribution in [0.1, 0.15) is 84.1 Å². The number of unbranched alkanes of at least 4 members (excludes halogenated alkanes) is 1. The minimum Gasteiger partial charge on any atom is -0.497 e. The van der Waals surface area contributed by atoms with Gasteiger partial charge in [-0.3, -0.25) is 9.59 Å². The van der Waals surface area contributed by atoms with Gasteiger partial charge >= 0.3 is 6.03 Å². The molecule has 1 saturated heterocycles. The average molecular weight is 545 g/mol. The molecule has 0 radical (unpaired) electrons. The summed E-state index contributed by atoms with van der Waals surface area (Å²) in [5.74, 6) is 1.30. The third kappa shape index (κ3) is 8.77. The van der Waals surface area contributed by atoms with Gasteiger partial charge in [0.15, 0.2) is 0 Å². The summed E-state index contributed by atoms with van der Waals surface area (Å²) in [7, 11) is 3.19. The molecule has 2 fully saturated rings. The number of methoxy groups -OCH3 is 2. The molecule has 218 valence electrons. The van der Waals surface area contributed by atoms with Crippen LogP contribution in [0.5, 0.6) is 11.5 Å². The zero-order chi connectivity index (χ0) is 28.4. The van der Waals surface area contributed by atoms with Gasteiger partial charge in [-0.1, -0.05) is 46.5 Å². The zero-order valence-electron chi connectivity index (χ0n) is 24.5. The van der Waals surface area contributed by atoms with Gasteiger partial charge in [-0.25, -0.2) is 4.79 Å². The third-order valence-corrected chi connectivity index (χ3v) is 7.68. The Hall–Kier alpha value is -2.97. The first-order valence-corrected chi connectivity index (χ1v) is 14.6. The molecule has 1 aromatic rings. The normalized spacial score (nSPS) is 20.2. The van der Waals surface area contributed by atoms with Gasteiger partial charge in [-0.2, -0.15) is 0 Å². The van der Waals surface area contributed by atoms with E-state index in [0.29, 0.717) is 31.0 Å². The number of hydrogen-bond acceptors (Lipinski definition) is 5. The molecule has 3 rings (SSSR count). The predicted octanol–water partition coefficient (Wildman–Crippen LogP) is 4.48. The highest BCUT2D eigenvalue weighted by atomic mass is 16.5. The lowest BCUT2D eigenvalue weighted by Crippen LogP contribution is -2.66. The molecule has 1 aliphatic carbocycles. The maximum atomic E-state index is 14.0. The Morgan fingerprint density at radius 3 is 2.31 bits per heavy atom. The van der Waals surface area contributed by atoms with Crippen molar-refractivity contribution in [3.05, 3.63) is 23.8 Å². The maximum Gasteiger partial charge on any atom is 0.318 e. The quantitative estimate of drug-likeness (QED) is 0.378. The number of piperazine rings is 1. The number of carbonyl (C=O) groups is 3. The van der Waals surface area contributed by atoms with Crippen LogP contribution in [0.25, 0.3) is 0 Å². The first kappa shape index (κ1) is 30.6. The molecule has 1 heterocycles. The molecule has 2 aliphatic rings. The molecule has 2 atom stereocenters. The fourth-order valence-corrected chi connectivity index (χ4v) is 5.66. The summed E-state index contributed by atoms with van der Waals surface area (Å²) in [5, 5.41) is 6.21. The van der Waals surface area contributed by atoms with Crippen molar-refractivity contribution in [2.75, 3.05) is 27.3 Å². The molecule has 9 heteroatoms. The minimum absolute atomic E-state index is 0.0908. The second-order valence-corrected chi connectivity index (χ2v) is 11.3. The van der Waals surface area contributed by atoms with Crippen LogP contribution in [0.3, 0.4) is 0 Å². The van der Waals surface area contributed by atoms with Crippen molar-refractivity contribution in [2.24, 2.45) is 5.92 Å². The monoisotopic (exact) mass is 544 g/mol. The number of rotatable bonds is 12. The number of benzene rings is 1. The number of hydrogen-bond donors (Lipinski definition) is 2. The van der Waals surface area contributed by atoms with E-state index in [2.05, 4.69) is 31.4 Å². The second kappa shape index (κ2) is 15.0. The van der Waals surface area contributed by atoms with Crippen molar-refractivity contribution < 1.29 is 23.9 Å². The SMILES string of the molecule is CCCCNC(=O)CC1CN(Cc2cc(OC)cc(OC)c2)C(=O)[C@H](CC(C)C)N1C(=O)NC1CCCCC1. The molecule has 1 aliphatic heterocycles. The lowest BCUT2D eigenvalue weighted by atomic mass is 9.93. The highest BCUT2D eigenvalue weighted by molar-refractivity contribution is 5.89.